The lowest BCUT2D eigenvalue weighted by Crippen LogP contribution is -2.22. The molecule has 1 heterocycles. The van der Waals surface area contributed by atoms with Gasteiger partial charge in [-0.05, 0) is 42.8 Å². The summed E-state index contributed by atoms with van der Waals surface area (Å²) in [7, 11) is 1.75. The lowest BCUT2D eigenvalue weighted by Gasteiger charge is -2.18. The number of rotatable bonds is 4. The van der Waals surface area contributed by atoms with Crippen LogP contribution < -0.4 is 15.5 Å². The number of amides is 2. The molecule has 3 rings (SSSR count). The number of hydrogen-bond donors (Lipinski definition) is 2. The summed E-state index contributed by atoms with van der Waals surface area (Å²) in [4.78, 5) is 14.3. The molecule has 2 amide bonds. The average Bonchev–Trinajstić information content (AvgIpc) is 3.07. The normalized spacial score (nSPS) is 16.9. The molecular weight excluding hydrogens is 326 g/mol. The molecule has 6 heteroatoms. The minimum Gasteiger partial charge on any atom is -0.380 e. The summed E-state index contributed by atoms with van der Waals surface area (Å²) in [6.07, 6.45) is 1.33. The van der Waals surface area contributed by atoms with Crippen LogP contribution in [-0.2, 0) is 4.74 Å². The summed E-state index contributed by atoms with van der Waals surface area (Å²) in [6.45, 7) is 1.88. The van der Waals surface area contributed by atoms with Crippen LogP contribution in [0.4, 0.5) is 21.9 Å². The highest BCUT2D eigenvalue weighted by Crippen LogP contribution is 2.24. The fourth-order valence-electron chi connectivity index (χ4n) is 2.76. The Hall–Kier alpha value is -2.24. The number of carbonyl (C=O) groups excluding carboxylic acids is 1. The molecule has 0 saturated carbocycles. The fraction of sp³-hybridized carbons (Fsp3) is 0.278. The zero-order valence-electron chi connectivity index (χ0n) is 13.5. The highest BCUT2D eigenvalue weighted by molar-refractivity contribution is 6.33. The van der Waals surface area contributed by atoms with E-state index in [9.17, 15) is 4.79 Å². The molecule has 1 aliphatic rings. The smallest absolute Gasteiger partial charge is 0.323 e. The molecule has 0 unspecified atom stereocenters. The predicted octanol–water partition coefficient (Wildman–Crippen LogP) is 4.21. The summed E-state index contributed by atoms with van der Waals surface area (Å²) in [5.41, 5.74) is 2.44. The van der Waals surface area contributed by atoms with Crippen LogP contribution in [-0.4, -0.2) is 32.3 Å². The first-order chi connectivity index (χ1) is 11.7. The van der Waals surface area contributed by atoms with E-state index in [0.29, 0.717) is 16.8 Å². The Labute approximate surface area is 146 Å². The molecule has 0 aliphatic carbocycles. The van der Waals surface area contributed by atoms with Gasteiger partial charge in [-0.3, -0.25) is 0 Å². The number of benzene rings is 2. The molecule has 1 aliphatic heterocycles. The Morgan fingerprint density at radius 1 is 1.17 bits per heavy atom. The van der Waals surface area contributed by atoms with E-state index in [2.05, 4.69) is 15.5 Å². The van der Waals surface area contributed by atoms with Gasteiger partial charge in [0, 0.05) is 31.6 Å². The molecule has 0 aromatic heterocycles. The Morgan fingerprint density at radius 3 is 2.58 bits per heavy atom. The van der Waals surface area contributed by atoms with Crippen molar-refractivity contribution in [3.05, 3.63) is 53.6 Å². The van der Waals surface area contributed by atoms with E-state index in [1.165, 1.54) is 0 Å². The minimum absolute atomic E-state index is 0.296. The van der Waals surface area contributed by atoms with Crippen LogP contribution in [0.3, 0.4) is 0 Å². The van der Waals surface area contributed by atoms with Crippen LogP contribution in [0.5, 0.6) is 0 Å². The Kier molecular flexibility index (Phi) is 5.23. The maximum absolute atomic E-state index is 12.0. The van der Waals surface area contributed by atoms with Gasteiger partial charge in [0.05, 0.1) is 16.8 Å². The summed E-state index contributed by atoms with van der Waals surface area (Å²) in [5, 5.41) is 6.04. The van der Waals surface area contributed by atoms with E-state index in [0.717, 1.165) is 30.9 Å². The molecule has 0 radical (unpaired) electrons. The van der Waals surface area contributed by atoms with Gasteiger partial charge in [-0.25, -0.2) is 4.79 Å². The molecule has 2 aromatic carbocycles. The topological polar surface area (TPSA) is 53.6 Å². The van der Waals surface area contributed by atoms with Gasteiger partial charge in [-0.1, -0.05) is 23.7 Å². The third kappa shape index (κ3) is 3.99. The van der Waals surface area contributed by atoms with Crippen molar-refractivity contribution in [2.24, 2.45) is 0 Å². The zero-order chi connectivity index (χ0) is 16.9. The average molecular weight is 346 g/mol. The summed E-state index contributed by atoms with van der Waals surface area (Å²) < 4.78 is 5.39. The van der Waals surface area contributed by atoms with E-state index in [1.807, 2.05) is 36.4 Å². The quantitative estimate of drug-likeness (QED) is 0.872. The van der Waals surface area contributed by atoms with Crippen LogP contribution in [0.25, 0.3) is 0 Å². The standard InChI is InChI=1S/C18H20ClN3O2/c1-24-15-10-11-22(12-15)14-8-6-13(7-9-14)20-18(23)21-17-5-3-2-4-16(17)19/h2-9,15H,10-12H2,1H3,(H2,20,21,23)/t15-/m0/s1. The summed E-state index contributed by atoms with van der Waals surface area (Å²) >= 11 is 6.03. The molecule has 2 aromatic rings. The predicted molar refractivity (Wildman–Crippen MR) is 98.2 cm³/mol. The maximum atomic E-state index is 12.0. The van der Waals surface area contributed by atoms with Crippen molar-refractivity contribution in [2.75, 3.05) is 35.7 Å². The van der Waals surface area contributed by atoms with Crippen LogP contribution in [0.2, 0.25) is 5.02 Å². The van der Waals surface area contributed by atoms with Gasteiger partial charge in [-0.15, -0.1) is 0 Å². The number of hydrogen-bond acceptors (Lipinski definition) is 3. The highest BCUT2D eigenvalue weighted by Gasteiger charge is 2.22. The van der Waals surface area contributed by atoms with Gasteiger partial charge < -0.3 is 20.3 Å². The maximum Gasteiger partial charge on any atom is 0.323 e. The lowest BCUT2D eigenvalue weighted by molar-refractivity contribution is 0.121. The largest absolute Gasteiger partial charge is 0.380 e. The van der Waals surface area contributed by atoms with Crippen molar-refractivity contribution in [3.63, 3.8) is 0 Å². The van der Waals surface area contributed by atoms with Crippen LogP contribution in [0.15, 0.2) is 48.5 Å². The number of nitrogens with one attached hydrogen (secondary N) is 2. The molecule has 1 fully saturated rings. The second-order valence-electron chi connectivity index (χ2n) is 5.70. The van der Waals surface area contributed by atoms with Gasteiger partial charge in [0.1, 0.15) is 0 Å². The second kappa shape index (κ2) is 7.55. The number of anilines is 3. The zero-order valence-corrected chi connectivity index (χ0v) is 14.2. The van der Waals surface area contributed by atoms with Crippen molar-refractivity contribution in [2.45, 2.75) is 12.5 Å². The molecule has 5 nitrogen and oxygen atoms in total. The van der Waals surface area contributed by atoms with Crippen molar-refractivity contribution in [3.8, 4) is 0 Å². The summed E-state index contributed by atoms with van der Waals surface area (Å²) in [6, 6.07) is 14.6. The van der Waals surface area contributed by atoms with Crippen LogP contribution in [0.1, 0.15) is 6.42 Å². The Morgan fingerprint density at radius 2 is 1.92 bits per heavy atom. The highest BCUT2D eigenvalue weighted by atomic mass is 35.5. The van der Waals surface area contributed by atoms with Crippen molar-refractivity contribution in [1.29, 1.82) is 0 Å². The first-order valence-electron chi connectivity index (χ1n) is 7.86. The van der Waals surface area contributed by atoms with Crippen molar-refractivity contribution < 1.29 is 9.53 Å². The molecule has 2 N–H and O–H groups in total. The monoisotopic (exact) mass is 345 g/mol. The van der Waals surface area contributed by atoms with E-state index in [4.69, 9.17) is 16.3 Å². The number of halogens is 1. The molecule has 1 atom stereocenters. The number of carbonyl (C=O) groups is 1. The second-order valence-corrected chi connectivity index (χ2v) is 6.11. The van der Waals surface area contributed by atoms with E-state index in [-0.39, 0.29) is 6.03 Å². The molecule has 24 heavy (non-hydrogen) atoms. The van der Waals surface area contributed by atoms with E-state index in [1.54, 1.807) is 19.2 Å². The van der Waals surface area contributed by atoms with Crippen LogP contribution in [0, 0.1) is 0 Å². The number of urea groups is 1. The first-order valence-corrected chi connectivity index (χ1v) is 8.24. The van der Waals surface area contributed by atoms with Crippen LogP contribution >= 0.6 is 11.6 Å². The Balaban J connectivity index is 1.58. The minimum atomic E-state index is -0.323. The van der Waals surface area contributed by atoms with E-state index >= 15 is 0 Å². The molecule has 1 saturated heterocycles. The van der Waals surface area contributed by atoms with Gasteiger partial charge in [-0.2, -0.15) is 0 Å². The van der Waals surface area contributed by atoms with Gasteiger partial charge >= 0.3 is 6.03 Å². The van der Waals surface area contributed by atoms with Gasteiger partial charge in [0.15, 0.2) is 0 Å². The molecule has 0 spiro atoms. The Bertz CT molecular complexity index is 706. The SMILES string of the molecule is CO[C@H]1CCN(c2ccc(NC(=O)Nc3ccccc3Cl)cc2)C1. The number of nitrogens with zero attached hydrogens (tertiary/aromatic N) is 1. The van der Waals surface area contributed by atoms with Crippen molar-refractivity contribution in [1.82, 2.24) is 0 Å². The fourth-order valence-corrected chi connectivity index (χ4v) is 2.94. The molecular formula is C18H20ClN3O2. The first kappa shape index (κ1) is 16.6. The van der Waals surface area contributed by atoms with Gasteiger partial charge in [0.2, 0.25) is 0 Å². The summed E-state index contributed by atoms with van der Waals surface area (Å²) in [5.74, 6) is 0. The third-order valence-electron chi connectivity index (χ3n) is 4.09. The van der Waals surface area contributed by atoms with E-state index < -0.39 is 0 Å². The number of ether oxygens (including phenoxy) is 1. The lowest BCUT2D eigenvalue weighted by atomic mass is 10.2. The molecule has 126 valence electrons. The third-order valence-corrected chi connectivity index (χ3v) is 4.42. The molecule has 0 bridgehead atoms. The van der Waals surface area contributed by atoms with Crippen molar-refractivity contribution >= 4 is 34.7 Å². The van der Waals surface area contributed by atoms with Gasteiger partial charge in [0.25, 0.3) is 0 Å². The number of para-hydroxylation sites is 1. The number of methoxy groups -OCH3 is 1.